The van der Waals surface area contributed by atoms with E-state index in [9.17, 15) is 13.6 Å². The third-order valence-electron chi connectivity index (χ3n) is 3.89. The molecule has 1 aromatic carbocycles. The van der Waals surface area contributed by atoms with Gasteiger partial charge in [-0.05, 0) is 19.1 Å². The van der Waals surface area contributed by atoms with Gasteiger partial charge in [0.1, 0.15) is 5.82 Å². The third kappa shape index (κ3) is 3.08. The topological polar surface area (TPSA) is 68.5 Å². The van der Waals surface area contributed by atoms with Crippen molar-refractivity contribution in [1.82, 2.24) is 15.1 Å². The van der Waals surface area contributed by atoms with Crippen molar-refractivity contribution in [2.75, 3.05) is 26.4 Å². The monoisotopic (exact) mass is 337 g/mol. The number of hydrogen-bond acceptors (Lipinski definition) is 5. The average molecular weight is 337 g/mol. The Balaban J connectivity index is 1.64. The van der Waals surface area contributed by atoms with Crippen molar-refractivity contribution in [2.45, 2.75) is 18.8 Å². The first-order chi connectivity index (χ1) is 11.5. The molecule has 1 aliphatic rings. The summed E-state index contributed by atoms with van der Waals surface area (Å²) in [5.74, 6) is 0.00592. The molecule has 6 nitrogen and oxygen atoms in total. The lowest BCUT2D eigenvalue weighted by atomic mass is 9.82. The minimum absolute atomic E-state index is 0.0561. The van der Waals surface area contributed by atoms with E-state index in [1.54, 1.807) is 18.2 Å². The molecule has 1 aromatic heterocycles. The van der Waals surface area contributed by atoms with Crippen LogP contribution in [0.5, 0.6) is 0 Å². The van der Waals surface area contributed by atoms with Gasteiger partial charge in [-0.25, -0.2) is 9.18 Å². The molecule has 1 amide bonds. The zero-order chi connectivity index (χ0) is 17.2. The summed E-state index contributed by atoms with van der Waals surface area (Å²) in [5, 5.41) is 7.88. The lowest BCUT2D eigenvalue weighted by Crippen LogP contribution is -2.59. The molecule has 8 heteroatoms. The Morgan fingerprint density at radius 1 is 1.38 bits per heavy atom. The first kappa shape index (κ1) is 16.4. The van der Waals surface area contributed by atoms with E-state index in [2.05, 4.69) is 10.2 Å². The number of hydrogen-bond donors (Lipinski definition) is 0. The number of rotatable bonds is 5. The van der Waals surface area contributed by atoms with E-state index in [0.29, 0.717) is 19.0 Å². The summed E-state index contributed by atoms with van der Waals surface area (Å²) in [4.78, 5) is 13.2. The molecule has 3 rings (SSSR count). The molecule has 2 heterocycles. The summed E-state index contributed by atoms with van der Waals surface area (Å²) in [6.07, 6.45) is -0.304. The van der Waals surface area contributed by atoms with Gasteiger partial charge in [0.25, 0.3) is 5.89 Å². The number of halogens is 2. The highest BCUT2D eigenvalue weighted by Crippen LogP contribution is 2.35. The standard InChI is InChI=1S/C16H17F2N3O3/c1-16(9-21(10-16)15(22)23-8-4-7-17)14-20-19-13(24-14)11-5-2-3-6-12(11)18/h2-3,5-6H,4,7-10H2,1H3. The molecule has 0 bridgehead atoms. The van der Waals surface area contributed by atoms with Crippen molar-refractivity contribution in [2.24, 2.45) is 0 Å². The highest BCUT2D eigenvalue weighted by molar-refractivity contribution is 5.69. The summed E-state index contributed by atoms with van der Waals surface area (Å²) in [5.41, 5.74) is -0.267. The van der Waals surface area contributed by atoms with Crippen LogP contribution in [0, 0.1) is 5.82 Å². The van der Waals surface area contributed by atoms with E-state index in [1.807, 2.05) is 6.92 Å². The summed E-state index contributed by atoms with van der Waals surface area (Å²) in [6, 6.07) is 6.14. The third-order valence-corrected chi connectivity index (χ3v) is 3.89. The second kappa shape index (κ2) is 6.54. The van der Waals surface area contributed by atoms with E-state index in [-0.39, 0.29) is 24.5 Å². The van der Waals surface area contributed by atoms with Gasteiger partial charge < -0.3 is 14.1 Å². The fourth-order valence-electron chi connectivity index (χ4n) is 2.58. The van der Waals surface area contributed by atoms with E-state index in [0.717, 1.165) is 0 Å². The molecule has 128 valence electrons. The highest BCUT2D eigenvalue weighted by Gasteiger charge is 2.47. The Morgan fingerprint density at radius 2 is 2.12 bits per heavy atom. The molecule has 0 unspecified atom stereocenters. The Kier molecular flexibility index (Phi) is 4.46. The summed E-state index contributed by atoms with van der Waals surface area (Å²) >= 11 is 0. The second-order valence-corrected chi connectivity index (χ2v) is 5.97. The molecule has 2 aromatic rings. The van der Waals surface area contributed by atoms with Gasteiger partial charge in [0, 0.05) is 19.5 Å². The van der Waals surface area contributed by atoms with E-state index in [1.165, 1.54) is 11.0 Å². The maximum atomic E-state index is 13.8. The second-order valence-electron chi connectivity index (χ2n) is 5.97. The highest BCUT2D eigenvalue weighted by atomic mass is 19.1. The number of likely N-dealkylation sites (tertiary alicyclic amines) is 1. The van der Waals surface area contributed by atoms with Crippen LogP contribution in [-0.2, 0) is 10.2 Å². The zero-order valence-electron chi connectivity index (χ0n) is 13.2. The van der Waals surface area contributed by atoms with Crippen LogP contribution >= 0.6 is 0 Å². The van der Waals surface area contributed by atoms with Crippen LogP contribution < -0.4 is 0 Å². The Morgan fingerprint density at radius 3 is 2.83 bits per heavy atom. The predicted octanol–water partition coefficient (Wildman–Crippen LogP) is 2.95. The van der Waals surface area contributed by atoms with Gasteiger partial charge in [-0.3, -0.25) is 4.39 Å². The van der Waals surface area contributed by atoms with Crippen LogP contribution in [0.3, 0.4) is 0 Å². The molecule has 0 atom stereocenters. The fourth-order valence-corrected chi connectivity index (χ4v) is 2.58. The quantitative estimate of drug-likeness (QED) is 0.785. The molecule has 24 heavy (non-hydrogen) atoms. The van der Waals surface area contributed by atoms with E-state index >= 15 is 0 Å². The number of ether oxygens (including phenoxy) is 1. The van der Waals surface area contributed by atoms with Crippen LogP contribution in [0.1, 0.15) is 19.2 Å². The van der Waals surface area contributed by atoms with Gasteiger partial charge in [0.2, 0.25) is 5.89 Å². The number of carbonyl (C=O) groups excluding carboxylic acids is 1. The molecular formula is C16H17F2N3O3. The van der Waals surface area contributed by atoms with Crippen molar-refractivity contribution in [1.29, 1.82) is 0 Å². The number of nitrogens with zero attached hydrogens (tertiary/aromatic N) is 3. The number of benzene rings is 1. The van der Waals surface area contributed by atoms with Gasteiger partial charge in [0.15, 0.2) is 0 Å². The van der Waals surface area contributed by atoms with Gasteiger partial charge in [-0.1, -0.05) is 12.1 Å². The van der Waals surface area contributed by atoms with Crippen molar-refractivity contribution < 1.29 is 22.7 Å². The first-order valence-electron chi connectivity index (χ1n) is 7.60. The smallest absolute Gasteiger partial charge is 0.409 e. The van der Waals surface area contributed by atoms with Gasteiger partial charge >= 0.3 is 6.09 Å². The van der Waals surface area contributed by atoms with Crippen LogP contribution in [0.2, 0.25) is 0 Å². The number of aromatic nitrogens is 2. The van der Waals surface area contributed by atoms with Crippen molar-refractivity contribution >= 4 is 6.09 Å². The van der Waals surface area contributed by atoms with Gasteiger partial charge in [-0.2, -0.15) is 0 Å². The van der Waals surface area contributed by atoms with Crippen molar-refractivity contribution in [3.05, 3.63) is 36.0 Å². The van der Waals surface area contributed by atoms with Crippen molar-refractivity contribution in [3.63, 3.8) is 0 Å². The molecule has 0 aliphatic carbocycles. The first-order valence-corrected chi connectivity index (χ1v) is 7.60. The van der Waals surface area contributed by atoms with Crippen LogP contribution in [0.4, 0.5) is 13.6 Å². The summed E-state index contributed by atoms with van der Waals surface area (Å²) in [7, 11) is 0. The van der Waals surface area contributed by atoms with E-state index < -0.39 is 24.0 Å². The fraction of sp³-hybridized carbons (Fsp3) is 0.438. The minimum atomic E-state index is -0.522. The zero-order valence-corrected chi connectivity index (χ0v) is 13.2. The molecule has 0 radical (unpaired) electrons. The molecule has 0 spiro atoms. The van der Waals surface area contributed by atoms with Crippen LogP contribution in [0.25, 0.3) is 11.5 Å². The summed E-state index contributed by atoms with van der Waals surface area (Å²) < 4.78 is 36.3. The molecule has 1 saturated heterocycles. The minimum Gasteiger partial charge on any atom is -0.449 e. The largest absolute Gasteiger partial charge is 0.449 e. The average Bonchev–Trinajstić information content (AvgIpc) is 3.02. The maximum absolute atomic E-state index is 13.8. The Bertz CT molecular complexity index is 729. The number of alkyl halides is 1. The lowest BCUT2D eigenvalue weighted by molar-refractivity contribution is 0.0329. The SMILES string of the molecule is CC1(c2nnc(-c3ccccc3F)o2)CN(C(=O)OCCCF)C1. The van der Waals surface area contributed by atoms with Gasteiger partial charge in [-0.15, -0.1) is 10.2 Å². The molecule has 0 N–H and O–H groups in total. The molecule has 1 fully saturated rings. The predicted molar refractivity (Wildman–Crippen MR) is 80.6 cm³/mol. The molecule has 1 aliphatic heterocycles. The van der Waals surface area contributed by atoms with Gasteiger partial charge in [0.05, 0.1) is 24.3 Å². The molecular weight excluding hydrogens is 320 g/mol. The van der Waals surface area contributed by atoms with Crippen LogP contribution in [0.15, 0.2) is 28.7 Å². The normalized spacial score (nSPS) is 15.9. The van der Waals surface area contributed by atoms with Crippen molar-refractivity contribution in [3.8, 4) is 11.5 Å². The maximum Gasteiger partial charge on any atom is 0.409 e. The number of amides is 1. The Hall–Kier alpha value is -2.51. The number of carbonyl (C=O) groups is 1. The lowest BCUT2D eigenvalue weighted by Gasteiger charge is -2.44. The summed E-state index contributed by atoms with van der Waals surface area (Å²) in [6.45, 7) is 2.10. The Labute approximate surface area is 137 Å². The van der Waals surface area contributed by atoms with E-state index in [4.69, 9.17) is 9.15 Å². The molecule has 0 saturated carbocycles. The van der Waals surface area contributed by atoms with Crippen LogP contribution in [-0.4, -0.2) is 47.6 Å².